The van der Waals surface area contributed by atoms with Gasteiger partial charge in [-0.05, 0) is 18.4 Å². The Balaban J connectivity index is 2.17. The number of nitrogens with two attached hydrogens (primary N) is 1. The molecule has 6 nitrogen and oxygen atoms in total. The highest BCUT2D eigenvalue weighted by molar-refractivity contribution is 5.62. The molecule has 0 spiro atoms. The molecular weight excluding hydrogens is 234 g/mol. The first-order valence-electron chi connectivity index (χ1n) is 6.00. The summed E-state index contributed by atoms with van der Waals surface area (Å²) in [7, 11) is 0. The van der Waals surface area contributed by atoms with Crippen molar-refractivity contribution in [2.45, 2.75) is 25.4 Å². The van der Waals surface area contributed by atoms with E-state index in [1.54, 1.807) is 12.1 Å². The van der Waals surface area contributed by atoms with Crippen molar-refractivity contribution in [2.75, 3.05) is 18.9 Å². The van der Waals surface area contributed by atoms with E-state index in [1.165, 1.54) is 6.07 Å². The maximum Gasteiger partial charge on any atom is 0.292 e. The fourth-order valence-corrected chi connectivity index (χ4v) is 2.07. The summed E-state index contributed by atoms with van der Waals surface area (Å²) in [5, 5.41) is 19.8. The van der Waals surface area contributed by atoms with Gasteiger partial charge in [0.25, 0.3) is 5.69 Å². The van der Waals surface area contributed by atoms with Gasteiger partial charge in [-0.25, -0.2) is 0 Å². The highest BCUT2D eigenvalue weighted by atomic mass is 16.6. The summed E-state index contributed by atoms with van der Waals surface area (Å²) in [4.78, 5) is 12.5. The van der Waals surface area contributed by atoms with Gasteiger partial charge in [0.15, 0.2) is 0 Å². The molecular formula is C12H17N3O3. The van der Waals surface area contributed by atoms with E-state index in [-0.39, 0.29) is 18.0 Å². The van der Waals surface area contributed by atoms with Crippen molar-refractivity contribution in [1.29, 1.82) is 0 Å². The molecule has 3 N–H and O–H groups in total. The molecule has 1 aromatic carbocycles. The van der Waals surface area contributed by atoms with E-state index in [2.05, 4.69) is 4.90 Å². The number of aliphatic hydroxyl groups excluding tert-OH is 1. The number of hydrogen-bond acceptors (Lipinski definition) is 5. The van der Waals surface area contributed by atoms with E-state index in [1.807, 2.05) is 0 Å². The monoisotopic (exact) mass is 251 g/mol. The Kier molecular flexibility index (Phi) is 3.78. The van der Waals surface area contributed by atoms with Crippen LogP contribution in [0.15, 0.2) is 18.2 Å². The fraction of sp³-hybridized carbons (Fsp3) is 0.500. The van der Waals surface area contributed by atoms with Crippen LogP contribution in [0.2, 0.25) is 0 Å². The minimum Gasteiger partial charge on any atom is -0.395 e. The van der Waals surface area contributed by atoms with Gasteiger partial charge in [-0.15, -0.1) is 0 Å². The van der Waals surface area contributed by atoms with Gasteiger partial charge in [-0.2, -0.15) is 0 Å². The van der Waals surface area contributed by atoms with Crippen LogP contribution in [0.5, 0.6) is 0 Å². The van der Waals surface area contributed by atoms with E-state index < -0.39 is 4.92 Å². The van der Waals surface area contributed by atoms with E-state index in [0.29, 0.717) is 19.1 Å². The summed E-state index contributed by atoms with van der Waals surface area (Å²) in [6, 6.07) is 5.34. The molecule has 2 rings (SSSR count). The maximum absolute atomic E-state index is 10.8. The number of hydrogen-bond donors (Lipinski definition) is 2. The molecule has 98 valence electrons. The van der Waals surface area contributed by atoms with Crippen LogP contribution >= 0.6 is 0 Å². The van der Waals surface area contributed by atoms with Gasteiger partial charge in [0, 0.05) is 25.2 Å². The van der Waals surface area contributed by atoms with Crippen molar-refractivity contribution < 1.29 is 10.0 Å². The quantitative estimate of drug-likeness (QED) is 0.449. The number of rotatable bonds is 6. The zero-order valence-corrected chi connectivity index (χ0v) is 10.1. The topological polar surface area (TPSA) is 92.6 Å². The molecule has 0 aromatic heterocycles. The Labute approximate surface area is 105 Å². The number of aliphatic hydroxyl groups is 1. The average molecular weight is 251 g/mol. The number of nitrogens with zero attached hydrogens (tertiary/aromatic N) is 2. The minimum atomic E-state index is -0.466. The molecule has 0 aliphatic heterocycles. The summed E-state index contributed by atoms with van der Waals surface area (Å²) in [6.07, 6.45) is 2.24. The lowest BCUT2D eigenvalue weighted by Gasteiger charge is -2.21. The van der Waals surface area contributed by atoms with Crippen molar-refractivity contribution in [1.82, 2.24) is 4.90 Å². The van der Waals surface area contributed by atoms with Crippen LogP contribution < -0.4 is 5.73 Å². The Hall–Kier alpha value is -1.66. The molecule has 0 bridgehead atoms. The summed E-state index contributed by atoms with van der Waals surface area (Å²) < 4.78 is 0. The highest BCUT2D eigenvalue weighted by Gasteiger charge is 2.29. The van der Waals surface area contributed by atoms with Gasteiger partial charge >= 0.3 is 0 Å². The molecule has 0 amide bonds. The van der Waals surface area contributed by atoms with Gasteiger partial charge in [0.2, 0.25) is 0 Å². The van der Waals surface area contributed by atoms with Crippen LogP contribution in [0.3, 0.4) is 0 Å². The molecule has 1 aromatic rings. The largest absolute Gasteiger partial charge is 0.395 e. The van der Waals surface area contributed by atoms with Crippen LogP contribution in [0.25, 0.3) is 0 Å². The van der Waals surface area contributed by atoms with Gasteiger partial charge in [-0.3, -0.25) is 15.0 Å². The number of nitro groups is 1. The van der Waals surface area contributed by atoms with Gasteiger partial charge in [0.05, 0.1) is 11.5 Å². The van der Waals surface area contributed by atoms with Crippen LogP contribution in [0.4, 0.5) is 11.4 Å². The van der Waals surface area contributed by atoms with Crippen molar-refractivity contribution in [2.24, 2.45) is 0 Å². The molecule has 0 saturated heterocycles. The predicted octanol–water partition coefficient (Wildman–Crippen LogP) is 1.13. The third-order valence-corrected chi connectivity index (χ3v) is 3.19. The molecule has 0 heterocycles. The second-order valence-corrected chi connectivity index (χ2v) is 4.53. The van der Waals surface area contributed by atoms with E-state index >= 15 is 0 Å². The van der Waals surface area contributed by atoms with Gasteiger partial charge in [0.1, 0.15) is 5.69 Å². The third-order valence-electron chi connectivity index (χ3n) is 3.19. The summed E-state index contributed by atoms with van der Waals surface area (Å²) in [5.74, 6) is 0. The molecule has 18 heavy (non-hydrogen) atoms. The van der Waals surface area contributed by atoms with E-state index in [0.717, 1.165) is 18.4 Å². The minimum absolute atomic E-state index is 0.0488. The van der Waals surface area contributed by atoms with Crippen molar-refractivity contribution in [3.05, 3.63) is 33.9 Å². The van der Waals surface area contributed by atoms with Crippen LogP contribution in [-0.2, 0) is 6.54 Å². The Morgan fingerprint density at radius 3 is 2.78 bits per heavy atom. The molecule has 1 fully saturated rings. The van der Waals surface area contributed by atoms with Crippen molar-refractivity contribution in [3.63, 3.8) is 0 Å². The van der Waals surface area contributed by atoms with Gasteiger partial charge in [-0.1, -0.05) is 12.1 Å². The number of benzene rings is 1. The Morgan fingerprint density at radius 1 is 1.50 bits per heavy atom. The zero-order chi connectivity index (χ0) is 13.1. The van der Waals surface area contributed by atoms with Crippen LogP contribution in [0, 0.1) is 10.1 Å². The average Bonchev–Trinajstić information content (AvgIpc) is 3.14. The third kappa shape index (κ3) is 2.77. The van der Waals surface area contributed by atoms with Crippen molar-refractivity contribution >= 4 is 11.4 Å². The molecule has 1 saturated carbocycles. The van der Waals surface area contributed by atoms with Crippen LogP contribution in [-0.4, -0.2) is 34.1 Å². The Bertz CT molecular complexity index is 446. The first kappa shape index (κ1) is 12.8. The van der Waals surface area contributed by atoms with E-state index in [9.17, 15) is 10.1 Å². The normalized spacial score (nSPS) is 15.0. The predicted molar refractivity (Wildman–Crippen MR) is 68.0 cm³/mol. The summed E-state index contributed by atoms with van der Waals surface area (Å²) in [5.41, 5.74) is 6.75. The second kappa shape index (κ2) is 5.32. The van der Waals surface area contributed by atoms with Gasteiger partial charge < -0.3 is 10.8 Å². The number of anilines is 1. The molecule has 0 radical (unpaired) electrons. The molecule has 1 aliphatic carbocycles. The molecule has 0 unspecified atom stereocenters. The highest BCUT2D eigenvalue weighted by Crippen LogP contribution is 2.31. The maximum atomic E-state index is 10.8. The SMILES string of the molecule is Nc1c(CN(CCO)C2CC2)cccc1[N+](=O)[O-]. The first-order valence-corrected chi connectivity index (χ1v) is 6.00. The number of para-hydroxylation sites is 1. The lowest BCUT2D eigenvalue weighted by Crippen LogP contribution is -2.29. The Morgan fingerprint density at radius 2 is 2.22 bits per heavy atom. The van der Waals surface area contributed by atoms with Crippen LogP contribution in [0.1, 0.15) is 18.4 Å². The lowest BCUT2D eigenvalue weighted by molar-refractivity contribution is -0.384. The van der Waals surface area contributed by atoms with E-state index in [4.69, 9.17) is 10.8 Å². The zero-order valence-electron chi connectivity index (χ0n) is 10.1. The fourth-order valence-electron chi connectivity index (χ4n) is 2.07. The summed E-state index contributed by atoms with van der Waals surface area (Å²) >= 11 is 0. The molecule has 1 aliphatic rings. The summed E-state index contributed by atoms with van der Waals surface area (Å²) in [6.45, 7) is 1.22. The standard InChI is InChI=1S/C12H17N3O3/c13-12-9(2-1-3-11(12)15(17)18)8-14(6-7-16)10-4-5-10/h1-3,10,16H,4-8,13H2. The molecule has 0 atom stereocenters. The molecule has 6 heteroatoms. The smallest absolute Gasteiger partial charge is 0.292 e. The first-order chi connectivity index (χ1) is 8.63. The lowest BCUT2D eigenvalue weighted by atomic mass is 10.1. The van der Waals surface area contributed by atoms with Crippen molar-refractivity contribution in [3.8, 4) is 0 Å². The number of nitro benzene ring substituents is 1. The second-order valence-electron chi connectivity index (χ2n) is 4.53. The number of nitrogen functional groups attached to an aromatic ring is 1.